The highest BCUT2D eigenvalue weighted by Gasteiger charge is 2.37. The summed E-state index contributed by atoms with van der Waals surface area (Å²) in [4.78, 5) is 29.8. The van der Waals surface area contributed by atoms with Crippen molar-refractivity contribution in [1.29, 1.82) is 0 Å². The monoisotopic (exact) mass is 423 g/mol. The van der Waals surface area contributed by atoms with Crippen LogP contribution < -0.4 is 5.32 Å². The van der Waals surface area contributed by atoms with Gasteiger partial charge in [0.05, 0.1) is 6.61 Å². The largest absolute Gasteiger partial charge is 0.444 e. The van der Waals surface area contributed by atoms with Crippen LogP contribution >= 0.6 is 0 Å². The highest BCUT2D eigenvalue weighted by atomic mass is 16.6. The van der Waals surface area contributed by atoms with Crippen molar-refractivity contribution in [1.82, 2.24) is 15.1 Å². The first-order chi connectivity index (χ1) is 14.2. The maximum Gasteiger partial charge on any atom is 0.407 e. The molecule has 2 saturated heterocycles. The quantitative estimate of drug-likeness (QED) is 0.711. The molecule has 0 aromatic rings. The van der Waals surface area contributed by atoms with E-state index in [1.807, 2.05) is 25.7 Å². The third kappa shape index (κ3) is 7.12. The molecule has 0 aromatic carbocycles. The molecule has 0 spiro atoms. The van der Waals surface area contributed by atoms with Gasteiger partial charge < -0.3 is 19.7 Å². The second kappa shape index (κ2) is 10.3. The minimum Gasteiger partial charge on any atom is -0.444 e. The van der Waals surface area contributed by atoms with Crippen LogP contribution in [0, 0.1) is 11.3 Å². The summed E-state index contributed by atoms with van der Waals surface area (Å²) in [5.41, 5.74) is -0.644. The third-order valence-electron chi connectivity index (χ3n) is 6.71. The van der Waals surface area contributed by atoms with Crippen molar-refractivity contribution in [3.8, 4) is 0 Å². The van der Waals surface area contributed by atoms with E-state index in [0.717, 1.165) is 78.0 Å². The van der Waals surface area contributed by atoms with Gasteiger partial charge in [0.1, 0.15) is 5.60 Å². The zero-order chi connectivity index (χ0) is 21.6. The first-order valence-corrected chi connectivity index (χ1v) is 11.8. The topological polar surface area (TPSA) is 71.1 Å². The van der Waals surface area contributed by atoms with Gasteiger partial charge in [-0.05, 0) is 51.4 Å². The summed E-state index contributed by atoms with van der Waals surface area (Å²) in [5, 5.41) is 2.95. The van der Waals surface area contributed by atoms with Crippen LogP contribution in [0.3, 0.4) is 0 Å². The maximum atomic E-state index is 13.1. The molecule has 3 fully saturated rings. The minimum atomic E-state index is -0.510. The second-order valence-electron chi connectivity index (χ2n) is 10.5. The van der Waals surface area contributed by atoms with Crippen molar-refractivity contribution < 1.29 is 19.1 Å². The van der Waals surface area contributed by atoms with Crippen LogP contribution in [-0.2, 0) is 14.3 Å². The normalized spacial score (nSPS) is 25.2. The van der Waals surface area contributed by atoms with Crippen LogP contribution in [0.2, 0.25) is 0 Å². The summed E-state index contributed by atoms with van der Waals surface area (Å²) < 4.78 is 10.9. The number of carbonyl (C=O) groups is 2. The summed E-state index contributed by atoms with van der Waals surface area (Å²) in [6.45, 7) is 12.5. The lowest BCUT2D eigenvalue weighted by atomic mass is 9.71. The maximum absolute atomic E-state index is 13.1. The summed E-state index contributed by atoms with van der Waals surface area (Å²) >= 11 is 0. The summed E-state index contributed by atoms with van der Waals surface area (Å²) in [6, 6.07) is 0. The van der Waals surface area contributed by atoms with Gasteiger partial charge in [0.2, 0.25) is 5.91 Å². The molecule has 1 unspecified atom stereocenters. The molecule has 2 amide bonds. The Morgan fingerprint density at radius 1 is 1.10 bits per heavy atom. The zero-order valence-corrected chi connectivity index (χ0v) is 19.2. The van der Waals surface area contributed by atoms with Crippen molar-refractivity contribution in [2.45, 2.75) is 71.3 Å². The van der Waals surface area contributed by atoms with E-state index in [1.165, 1.54) is 6.42 Å². The third-order valence-corrected chi connectivity index (χ3v) is 6.71. The Kier molecular flexibility index (Phi) is 8.02. The molecule has 2 heterocycles. The summed E-state index contributed by atoms with van der Waals surface area (Å²) in [7, 11) is 0. The van der Waals surface area contributed by atoms with Gasteiger partial charge in [-0.2, -0.15) is 0 Å². The number of nitrogens with zero attached hydrogens (tertiary/aromatic N) is 2. The number of amides is 2. The van der Waals surface area contributed by atoms with Gasteiger partial charge in [0, 0.05) is 52.3 Å². The van der Waals surface area contributed by atoms with Crippen LogP contribution in [0.4, 0.5) is 4.79 Å². The Labute approximate surface area is 181 Å². The molecule has 0 bridgehead atoms. The highest BCUT2D eigenvalue weighted by molar-refractivity contribution is 5.77. The molecule has 172 valence electrons. The van der Waals surface area contributed by atoms with Crippen LogP contribution in [-0.4, -0.2) is 79.9 Å². The summed E-state index contributed by atoms with van der Waals surface area (Å²) in [6.07, 6.45) is 6.76. The Hall–Kier alpha value is -1.34. The lowest BCUT2D eigenvalue weighted by molar-refractivity contribution is -0.136. The van der Waals surface area contributed by atoms with E-state index in [2.05, 4.69) is 10.2 Å². The molecule has 1 saturated carbocycles. The van der Waals surface area contributed by atoms with E-state index >= 15 is 0 Å². The van der Waals surface area contributed by atoms with Crippen molar-refractivity contribution >= 4 is 12.0 Å². The molecule has 3 rings (SSSR count). The number of hydrogen-bond acceptors (Lipinski definition) is 5. The molecule has 30 heavy (non-hydrogen) atoms. The molecule has 1 aliphatic carbocycles. The van der Waals surface area contributed by atoms with E-state index in [0.29, 0.717) is 18.9 Å². The minimum absolute atomic E-state index is 0.134. The van der Waals surface area contributed by atoms with E-state index in [-0.39, 0.29) is 17.4 Å². The van der Waals surface area contributed by atoms with Crippen LogP contribution in [0.25, 0.3) is 0 Å². The van der Waals surface area contributed by atoms with Crippen molar-refractivity contribution in [2.75, 3.05) is 52.5 Å². The average Bonchev–Trinajstić information content (AvgIpc) is 3.19. The summed E-state index contributed by atoms with van der Waals surface area (Å²) in [5.74, 6) is 0.892. The molecule has 3 aliphatic rings. The molecular weight excluding hydrogens is 382 g/mol. The lowest BCUT2D eigenvalue weighted by Crippen LogP contribution is -2.51. The van der Waals surface area contributed by atoms with Gasteiger partial charge in [-0.15, -0.1) is 0 Å². The molecule has 0 aromatic heterocycles. The van der Waals surface area contributed by atoms with Crippen LogP contribution in [0.5, 0.6) is 0 Å². The Morgan fingerprint density at radius 3 is 2.40 bits per heavy atom. The van der Waals surface area contributed by atoms with Gasteiger partial charge in [0.15, 0.2) is 0 Å². The van der Waals surface area contributed by atoms with Gasteiger partial charge >= 0.3 is 6.09 Å². The number of alkyl carbamates (subject to hydrolysis) is 1. The van der Waals surface area contributed by atoms with E-state index in [9.17, 15) is 9.59 Å². The van der Waals surface area contributed by atoms with E-state index in [1.54, 1.807) is 0 Å². The number of ether oxygens (including phenoxy) is 2. The van der Waals surface area contributed by atoms with Crippen molar-refractivity contribution in [2.24, 2.45) is 11.3 Å². The van der Waals surface area contributed by atoms with Crippen LogP contribution in [0.15, 0.2) is 0 Å². The standard InChI is InChI=1S/C23H41N3O4/c1-22(2,3)30-21(28)24-18-23(8-5-4-6-9-23)15-20(27)26-12-10-25(11-13-26)16-19-7-14-29-17-19/h19H,4-18H2,1-3H3,(H,24,28). The van der Waals surface area contributed by atoms with E-state index in [4.69, 9.17) is 9.47 Å². The fourth-order valence-corrected chi connectivity index (χ4v) is 5.00. The van der Waals surface area contributed by atoms with Crippen molar-refractivity contribution in [3.63, 3.8) is 0 Å². The fourth-order valence-electron chi connectivity index (χ4n) is 5.00. The first kappa shape index (κ1) is 23.3. The predicted octanol–water partition coefficient (Wildman–Crippen LogP) is 3.03. The van der Waals surface area contributed by atoms with Gasteiger partial charge in [0.25, 0.3) is 0 Å². The average molecular weight is 424 g/mol. The number of piperazine rings is 1. The second-order valence-corrected chi connectivity index (χ2v) is 10.5. The van der Waals surface area contributed by atoms with Crippen LogP contribution in [0.1, 0.15) is 65.7 Å². The molecule has 7 heteroatoms. The molecule has 0 radical (unpaired) electrons. The fraction of sp³-hybridized carbons (Fsp3) is 0.913. The zero-order valence-electron chi connectivity index (χ0n) is 19.2. The smallest absolute Gasteiger partial charge is 0.407 e. The van der Waals surface area contributed by atoms with E-state index < -0.39 is 5.60 Å². The molecule has 1 N–H and O–H groups in total. The highest BCUT2D eigenvalue weighted by Crippen LogP contribution is 2.39. The first-order valence-electron chi connectivity index (χ1n) is 11.8. The van der Waals surface area contributed by atoms with Gasteiger partial charge in [-0.3, -0.25) is 9.69 Å². The predicted molar refractivity (Wildman–Crippen MR) is 116 cm³/mol. The Balaban J connectivity index is 1.48. The molecular formula is C23H41N3O4. The van der Waals surface area contributed by atoms with Gasteiger partial charge in [-0.25, -0.2) is 4.79 Å². The Bertz CT molecular complexity index is 569. The van der Waals surface area contributed by atoms with Crippen molar-refractivity contribution in [3.05, 3.63) is 0 Å². The molecule has 1 atom stereocenters. The lowest BCUT2D eigenvalue weighted by Gasteiger charge is -2.40. The molecule has 2 aliphatic heterocycles. The molecule has 7 nitrogen and oxygen atoms in total. The number of nitrogens with one attached hydrogen (secondary N) is 1. The number of hydrogen-bond donors (Lipinski definition) is 1. The van der Waals surface area contributed by atoms with Gasteiger partial charge in [-0.1, -0.05) is 19.3 Å². The number of carbonyl (C=O) groups excluding carboxylic acids is 2. The SMILES string of the molecule is CC(C)(C)OC(=O)NCC1(CC(=O)N2CCN(CC3CCOC3)CC2)CCCCC1. The Morgan fingerprint density at radius 2 is 1.80 bits per heavy atom. The number of rotatable bonds is 6.